The van der Waals surface area contributed by atoms with Gasteiger partial charge in [-0.1, -0.05) is 24.3 Å². The molecule has 2 N–H and O–H groups in total. The Morgan fingerprint density at radius 1 is 1.26 bits per heavy atom. The molecule has 1 aromatic heterocycles. The van der Waals surface area contributed by atoms with E-state index >= 15 is 0 Å². The van der Waals surface area contributed by atoms with Gasteiger partial charge in [-0.25, -0.2) is 0 Å². The minimum Gasteiger partial charge on any atom is -0.324 e. The van der Waals surface area contributed by atoms with E-state index in [9.17, 15) is 4.79 Å². The summed E-state index contributed by atoms with van der Waals surface area (Å²) in [6.07, 6.45) is 2.00. The Balaban J connectivity index is 1.83. The van der Waals surface area contributed by atoms with Gasteiger partial charge in [0.05, 0.1) is 6.04 Å². The number of carbonyl (C=O) groups is 1. The maximum atomic E-state index is 12.2. The number of hydrogen-bond donors (Lipinski definition) is 2. The highest BCUT2D eigenvalue weighted by Gasteiger charge is 2.22. The number of para-hydroxylation sites is 1. The number of anilines is 1. The average Bonchev–Trinajstić information content (AvgIpc) is 3.13. The van der Waals surface area contributed by atoms with Crippen molar-refractivity contribution in [2.45, 2.75) is 18.9 Å². The van der Waals surface area contributed by atoms with E-state index in [0.29, 0.717) is 0 Å². The zero-order valence-corrected chi connectivity index (χ0v) is 11.4. The molecule has 1 unspecified atom stereocenters. The van der Waals surface area contributed by atoms with Crippen LogP contribution in [0.25, 0.3) is 10.4 Å². The van der Waals surface area contributed by atoms with Gasteiger partial charge >= 0.3 is 0 Å². The number of carbonyl (C=O) groups excluding carboxylic acids is 1. The minimum absolute atomic E-state index is 0.0450. The molecule has 3 nitrogen and oxygen atoms in total. The summed E-state index contributed by atoms with van der Waals surface area (Å²) in [5.41, 5.74) is 1.98. The number of hydrogen-bond acceptors (Lipinski definition) is 3. The lowest BCUT2D eigenvalue weighted by Gasteiger charge is -2.13. The smallest absolute Gasteiger partial charge is 0.241 e. The van der Waals surface area contributed by atoms with Gasteiger partial charge in [-0.3, -0.25) is 4.79 Å². The SMILES string of the molecule is O=C(Nc1ccccc1-c1cccs1)C1CCCN1. The summed E-state index contributed by atoms with van der Waals surface area (Å²) in [6.45, 7) is 0.935. The Labute approximate surface area is 116 Å². The summed E-state index contributed by atoms with van der Waals surface area (Å²) >= 11 is 1.68. The molecule has 0 spiro atoms. The van der Waals surface area contributed by atoms with Crippen LogP contribution in [-0.2, 0) is 4.79 Å². The van der Waals surface area contributed by atoms with Crippen molar-refractivity contribution in [3.05, 3.63) is 41.8 Å². The van der Waals surface area contributed by atoms with Crippen LogP contribution >= 0.6 is 11.3 Å². The summed E-state index contributed by atoms with van der Waals surface area (Å²) < 4.78 is 0. The van der Waals surface area contributed by atoms with E-state index in [1.54, 1.807) is 11.3 Å². The number of thiophene rings is 1. The number of amides is 1. The first-order chi connectivity index (χ1) is 9.34. The molecule has 4 heteroatoms. The zero-order chi connectivity index (χ0) is 13.1. The molecule has 19 heavy (non-hydrogen) atoms. The van der Waals surface area contributed by atoms with Gasteiger partial charge in [0.1, 0.15) is 0 Å². The van der Waals surface area contributed by atoms with Crippen LogP contribution in [0.4, 0.5) is 5.69 Å². The third-order valence-electron chi connectivity index (χ3n) is 3.35. The van der Waals surface area contributed by atoms with Gasteiger partial charge in [0.25, 0.3) is 0 Å². The molecular weight excluding hydrogens is 256 g/mol. The van der Waals surface area contributed by atoms with Crippen LogP contribution in [0.1, 0.15) is 12.8 Å². The molecule has 1 aromatic carbocycles. The first-order valence-corrected chi connectivity index (χ1v) is 7.40. The molecule has 1 atom stereocenters. The van der Waals surface area contributed by atoms with E-state index in [-0.39, 0.29) is 11.9 Å². The molecule has 0 bridgehead atoms. The maximum absolute atomic E-state index is 12.2. The highest BCUT2D eigenvalue weighted by molar-refractivity contribution is 7.13. The van der Waals surface area contributed by atoms with E-state index in [1.807, 2.05) is 35.7 Å². The van der Waals surface area contributed by atoms with Crippen molar-refractivity contribution in [2.24, 2.45) is 0 Å². The van der Waals surface area contributed by atoms with Gasteiger partial charge in [0, 0.05) is 16.1 Å². The van der Waals surface area contributed by atoms with Crippen LogP contribution in [-0.4, -0.2) is 18.5 Å². The Kier molecular flexibility index (Phi) is 3.62. The van der Waals surface area contributed by atoms with Gasteiger partial charge in [-0.05, 0) is 36.9 Å². The van der Waals surface area contributed by atoms with Crippen LogP contribution in [0.5, 0.6) is 0 Å². The molecule has 3 rings (SSSR count). The minimum atomic E-state index is -0.0450. The second-order valence-corrected chi connectivity index (χ2v) is 5.61. The molecule has 1 saturated heterocycles. The van der Waals surface area contributed by atoms with Gasteiger partial charge in [-0.15, -0.1) is 11.3 Å². The van der Waals surface area contributed by atoms with Crippen molar-refractivity contribution in [1.82, 2.24) is 5.32 Å². The third-order valence-corrected chi connectivity index (χ3v) is 4.25. The van der Waals surface area contributed by atoms with Crippen LogP contribution in [0.2, 0.25) is 0 Å². The summed E-state index contributed by atoms with van der Waals surface area (Å²) in [6, 6.07) is 12.0. The largest absolute Gasteiger partial charge is 0.324 e. The molecule has 0 radical (unpaired) electrons. The fourth-order valence-electron chi connectivity index (χ4n) is 2.37. The molecular formula is C15H16N2OS. The Morgan fingerprint density at radius 3 is 2.89 bits per heavy atom. The normalized spacial score (nSPS) is 18.4. The van der Waals surface area contributed by atoms with E-state index in [1.165, 1.54) is 4.88 Å². The number of benzene rings is 1. The Bertz CT molecular complexity index is 559. The second-order valence-electron chi connectivity index (χ2n) is 4.66. The summed E-state index contributed by atoms with van der Waals surface area (Å²) in [4.78, 5) is 13.3. The van der Waals surface area contributed by atoms with Crippen molar-refractivity contribution >= 4 is 22.9 Å². The summed E-state index contributed by atoms with van der Waals surface area (Å²) in [5.74, 6) is 0.0708. The molecule has 1 aliphatic rings. The highest BCUT2D eigenvalue weighted by atomic mass is 32.1. The maximum Gasteiger partial charge on any atom is 0.241 e. The lowest BCUT2D eigenvalue weighted by atomic mass is 10.1. The van der Waals surface area contributed by atoms with Crippen molar-refractivity contribution < 1.29 is 4.79 Å². The second kappa shape index (κ2) is 5.55. The Morgan fingerprint density at radius 2 is 2.16 bits per heavy atom. The van der Waals surface area contributed by atoms with Crippen LogP contribution in [0.3, 0.4) is 0 Å². The predicted molar refractivity (Wildman–Crippen MR) is 79.4 cm³/mol. The fraction of sp³-hybridized carbons (Fsp3) is 0.267. The van der Waals surface area contributed by atoms with Gasteiger partial charge in [-0.2, -0.15) is 0 Å². The summed E-state index contributed by atoms with van der Waals surface area (Å²) in [7, 11) is 0. The van der Waals surface area contributed by atoms with E-state index in [4.69, 9.17) is 0 Å². The number of rotatable bonds is 3. The predicted octanol–water partition coefficient (Wildman–Crippen LogP) is 3.11. The van der Waals surface area contributed by atoms with Crippen molar-refractivity contribution in [3.8, 4) is 10.4 Å². The van der Waals surface area contributed by atoms with Crippen molar-refractivity contribution in [3.63, 3.8) is 0 Å². The molecule has 1 fully saturated rings. The molecule has 1 amide bonds. The zero-order valence-electron chi connectivity index (χ0n) is 10.6. The quantitative estimate of drug-likeness (QED) is 0.901. The van der Waals surface area contributed by atoms with Crippen molar-refractivity contribution in [2.75, 3.05) is 11.9 Å². The first kappa shape index (κ1) is 12.4. The van der Waals surface area contributed by atoms with E-state index in [2.05, 4.69) is 16.7 Å². The Hall–Kier alpha value is -1.65. The lowest BCUT2D eigenvalue weighted by molar-refractivity contribution is -0.117. The molecule has 2 heterocycles. The van der Waals surface area contributed by atoms with Crippen LogP contribution < -0.4 is 10.6 Å². The van der Waals surface area contributed by atoms with E-state index in [0.717, 1.165) is 30.6 Å². The first-order valence-electron chi connectivity index (χ1n) is 6.52. The van der Waals surface area contributed by atoms with Crippen molar-refractivity contribution in [1.29, 1.82) is 0 Å². The molecule has 2 aromatic rings. The number of nitrogens with one attached hydrogen (secondary N) is 2. The molecule has 98 valence electrons. The van der Waals surface area contributed by atoms with Gasteiger partial charge in [0.2, 0.25) is 5.91 Å². The third kappa shape index (κ3) is 2.69. The monoisotopic (exact) mass is 272 g/mol. The fourth-order valence-corrected chi connectivity index (χ4v) is 3.13. The topological polar surface area (TPSA) is 41.1 Å². The van der Waals surface area contributed by atoms with Gasteiger partial charge < -0.3 is 10.6 Å². The molecule has 0 saturated carbocycles. The molecule has 1 aliphatic heterocycles. The lowest BCUT2D eigenvalue weighted by Crippen LogP contribution is -2.35. The van der Waals surface area contributed by atoms with Gasteiger partial charge in [0.15, 0.2) is 0 Å². The molecule has 0 aliphatic carbocycles. The van der Waals surface area contributed by atoms with Crippen LogP contribution in [0, 0.1) is 0 Å². The average molecular weight is 272 g/mol. The van der Waals surface area contributed by atoms with Crippen LogP contribution in [0.15, 0.2) is 41.8 Å². The van der Waals surface area contributed by atoms with E-state index < -0.39 is 0 Å². The standard InChI is InChI=1S/C15H16N2OS/c18-15(13-7-3-9-16-13)17-12-6-2-1-5-11(12)14-8-4-10-19-14/h1-2,4-6,8,10,13,16H,3,7,9H2,(H,17,18). The highest BCUT2D eigenvalue weighted by Crippen LogP contribution is 2.31. The summed E-state index contributed by atoms with van der Waals surface area (Å²) in [5, 5.41) is 8.32.